The molecule has 0 fully saturated rings. The van der Waals surface area contributed by atoms with Crippen LogP contribution in [0.2, 0.25) is 0 Å². The molecule has 1 N–H and O–H groups in total. The number of aromatic nitrogens is 3. The van der Waals surface area contributed by atoms with Crippen LogP contribution in [0.25, 0.3) is 22.0 Å². The maximum Gasteiger partial charge on any atom is 0.262 e. The third kappa shape index (κ3) is 5.90. The molecule has 5 aromatic rings. The van der Waals surface area contributed by atoms with Crippen LogP contribution in [0.1, 0.15) is 42.9 Å². The Bertz CT molecular complexity index is 1850. The van der Waals surface area contributed by atoms with Gasteiger partial charge in [-0.25, -0.2) is 9.37 Å². The first-order chi connectivity index (χ1) is 20.7. The largest absolute Gasteiger partial charge is 0.493 e. The number of ether oxygens (including phenoxy) is 3. The minimum atomic E-state index is -0.604. The maximum atomic E-state index is 13.7. The standard InChI is InChI=1S/C33H31FN4O5/c1-6-26-31(20-7-9-21(34)10-8-20)32(39)24(18-38(26)19(2)3)33(40)37-30-12-11-22(17-36-30)43-27-13-14-35-25-16-29(42-5)28(41-4)15-23(25)27/h7-19H,6H2,1-5H3,(H,36,37,40). The Labute approximate surface area is 247 Å². The number of hydrogen-bond acceptors (Lipinski definition) is 7. The molecule has 3 heterocycles. The van der Waals surface area contributed by atoms with Gasteiger partial charge in [0.05, 0.1) is 25.9 Å². The van der Waals surface area contributed by atoms with Crippen molar-refractivity contribution in [1.82, 2.24) is 14.5 Å². The summed E-state index contributed by atoms with van der Waals surface area (Å²) in [6, 6.07) is 14.2. The molecule has 9 nitrogen and oxygen atoms in total. The number of benzene rings is 2. The number of rotatable bonds is 9. The van der Waals surface area contributed by atoms with E-state index >= 15 is 0 Å². The first kappa shape index (κ1) is 29.2. The number of carbonyl (C=O) groups is 1. The zero-order valence-electron chi connectivity index (χ0n) is 24.5. The van der Waals surface area contributed by atoms with Crippen LogP contribution in [-0.2, 0) is 6.42 Å². The summed E-state index contributed by atoms with van der Waals surface area (Å²) >= 11 is 0. The highest BCUT2D eigenvalue weighted by Gasteiger charge is 2.22. The lowest BCUT2D eigenvalue weighted by molar-refractivity contribution is 0.102. The number of amides is 1. The summed E-state index contributed by atoms with van der Waals surface area (Å²) in [4.78, 5) is 35.8. The van der Waals surface area contributed by atoms with Gasteiger partial charge in [-0.15, -0.1) is 0 Å². The summed E-state index contributed by atoms with van der Waals surface area (Å²) in [6.07, 6.45) is 5.22. The van der Waals surface area contributed by atoms with Crippen molar-refractivity contribution in [2.24, 2.45) is 0 Å². The summed E-state index contributed by atoms with van der Waals surface area (Å²) in [5.41, 5.74) is 1.87. The quantitative estimate of drug-likeness (QED) is 0.204. The van der Waals surface area contributed by atoms with Gasteiger partial charge in [-0.05, 0) is 62.2 Å². The molecule has 0 radical (unpaired) electrons. The van der Waals surface area contributed by atoms with Crippen LogP contribution in [0.3, 0.4) is 0 Å². The molecule has 0 spiro atoms. The predicted octanol–water partition coefficient (Wildman–Crippen LogP) is 6.80. The molecular formula is C33H31FN4O5. The van der Waals surface area contributed by atoms with Gasteiger partial charge in [0, 0.05) is 41.1 Å². The highest BCUT2D eigenvalue weighted by Crippen LogP contribution is 2.37. The Morgan fingerprint density at radius 3 is 2.33 bits per heavy atom. The van der Waals surface area contributed by atoms with E-state index in [9.17, 15) is 14.0 Å². The number of anilines is 1. The number of fused-ring (bicyclic) bond motifs is 1. The average Bonchev–Trinajstić information content (AvgIpc) is 3.01. The Hall–Kier alpha value is -5.25. The number of nitrogens with one attached hydrogen (secondary N) is 1. The highest BCUT2D eigenvalue weighted by atomic mass is 19.1. The number of pyridine rings is 3. The molecule has 0 bridgehead atoms. The number of halogens is 1. The number of hydrogen-bond donors (Lipinski definition) is 1. The lowest BCUT2D eigenvalue weighted by atomic mass is 9.98. The molecule has 0 atom stereocenters. The molecule has 0 aliphatic rings. The Morgan fingerprint density at radius 2 is 1.70 bits per heavy atom. The molecule has 0 aliphatic carbocycles. The summed E-state index contributed by atoms with van der Waals surface area (Å²) < 4.78 is 32.4. The van der Waals surface area contributed by atoms with Gasteiger partial charge in [0.15, 0.2) is 11.5 Å². The first-order valence-corrected chi connectivity index (χ1v) is 13.7. The van der Waals surface area contributed by atoms with Crippen LogP contribution in [0, 0.1) is 5.82 Å². The van der Waals surface area contributed by atoms with Crippen LogP contribution in [0.15, 0.2) is 78.0 Å². The van der Waals surface area contributed by atoms with Crippen molar-refractivity contribution in [1.29, 1.82) is 0 Å². The van der Waals surface area contributed by atoms with Gasteiger partial charge in [0.1, 0.15) is 28.7 Å². The van der Waals surface area contributed by atoms with Crippen molar-refractivity contribution < 1.29 is 23.4 Å². The van der Waals surface area contributed by atoms with Crippen molar-refractivity contribution in [2.45, 2.75) is 33.2 Å². The van der Waals surface area contributed by atoms with Crippen molar-refractivity contribution in [3.8, 4) is 34.1 Å². The van der Waals surface area contributed by atoms with Gasteiger partial charge in [0.25, 0.3) is 5.91 Å². The number of methoxy groups -OCH3 is 2. The van der Waals surface area contributed by atoms with E-state index in [1.54, 1.807) is 69.1 Å². The minimum absolute atomic E-state index is 0.0267. The van der Waals surface area contributed by atoms with Gasteiger partial charge in [-0.3, -0.25) is 14.6 Å². The molecule has 220 valence electrons. The zero-order chi connectivity index (χ0) is 30.7. The second-order valence-corrected chi connectivity index (χ2v) is 10.0. The maximum absolute atomic E-state index is 13.7. The van der Waals surface area contributed by atoms with Crippen molar-refractivity contribution in [3.05, 3.63) is 100 Å². The number of carbonyl (C=O) groups excluding carboxylic acids is 1. The van der Waals surface area contributed by atoms with Crippen LogP contribution in [0.4, 0.5) is 10.2 Å². The van der Waals surface area contributed by atoms with E-state index in [2.05, 4.69) is 15.3 Å². The van der Waals surface area contributed by atoms with Crippen molar-refractivity contribution in [2.75, 3.05) is 19.5 Å². The molecule has 0 saturated heterocycles. The molecule has 0 saturated carbocycles. The molecule has 43 heavy (non-hydrogen) atoms. The SMILES string of the molecule is CCc1c(-c2ccc(F)cc2)c(=O)c(C(=O)Nc2ccc(Oc3ccnc4cc(OC)c(OC)cc34)cn2)cn1C(C)C. The van der Waals surface area contributed by atoms with E-state index in [0.29, 0.717) is 51.4 Å². The van der Waals surface area contributed by atoms with E-state index in [-0.39, 0.29) is 17.4 Å². The fourth-order valence-corrected chi connectivity index (χ4v) is 4.93. The smallest absolute Gasteiger partial charge is 0.262 e. The average molecular weight is 583 g/mol. The third-order valence-corrected chi connectivity index (χ3v) is 7.02. The van der Waals surface area contributed by atoms with Gasteiger partial charge in [-0.1, -0.05) is 19.1 Å². The lowest BCUT2D eigenvalue weighted by Crippen LogP contribution is -2.27. The molecule has 3 aromatic heterocycles. The van der Waals surface area contributed by atoms with Gasteiger partial charge >= 0.3 is 0 Å². The van der Waals surface area contributed by atoms with Crippen molar-refractivity contribution in [3.63, 3.8) is 0 Å². The van der Waals surface area contributed by atoms with Gasteiger partial charge in [-0.2, -0.15) is 0 Å². The van der Waals surface area contributed by atoms with E-state index in [4.69, 9.17) is 14.2 Å². The van der Waals surface area contributed by atoms with Crippen LogP contribution in [-0.4, -0.2) is 34.7 Å². The third-order valence-electron chi connectivity index (χ3n) is 7.02. The molecule has 5 rings (SSSR count). The highest BCUT2D eigenvalue weighted by molar-refractivity contribution is 6.04. The molecule has 2 aromatic carbocycles. The van der Waals surface area contributed by atoms with Gasteiger partial charge < -0.3 is 24.1 Å². The summed E-state index contributed by atoms with van der Waals surface area (Å²) in [5, 5.41) is 3.43. The van der Waals surface area contributed by atoms with E-state index in [0.717, 1.165) is 5.69 Å². The van der Waals surface area contributed by atoms with Crippen molar-refractivity contribution >= 4 is 22.6 Å². The normalized spacial score (nSPS) is 11.0. The van der Waals surface area contributed by atoms with E-state index in [1.807, 2.05) is 25.3 Å². The minimum Gasteiger partial charge on any atom is -0.493 e. The summed E-state index contributed by atoms with van der Waals surface area (Å²) in [6.45, 7) is 5.88. The molecular weight excluding hydrogens is 551 g/mol. The molecule has 10 heteroatoms. The fourth-order valence-electron chi connectivity index (χ4n) is 4.93. The number of nitrogens with zero attached hydrogens (tertiary/aromatic N) is 3. The Kier molecular flexibility index (Phi) is 8.38. The molecule has 1 amide bonds. The molecule has 0 aliphatic heterocycles. The Balaban J connectivity index is 1.43. The summed E-state index contributed by atoms with van der Waals surface area (Å²) in [5.74, 6) is 1.27. The zero-order valence-corrected chi connectivity index (χ0v) is 24.5. The Morgan fingerprint density at radius 1 is 0.977 bits per heavy atom. The fraction of sp³-hybridized carbons (Fsp3) is 0.212. The first-order valence-electron chi connectivity index (χ1n) is 13.7. The van der Waals surface area contributed by atoms with Crippen LogP contribution < -0.4 is 25.0 Å². The molecule has 0 unspecified atom stereocenters. The second-order valence-electron chi connectivity index (χ2n) is 10.0. The lowest BCUT2D eigenvalue weighted by Gasteiger charge is -2.21. The topological polar surface area (TPSA) is 105 Å². The van der Waals surface area contributed by atoms with Gasteiger partial charge in [0.2, 0.25) is 5.43 Å². The summed E-state index contributed by atoms with van der Waals surface area (Å²) in [7, 11) is 3.11. The van der Waals surface area contributed by atoms with Crippen LogP contribution >= 0.6 is 0 Å². The predicted molar refractivity (Wildman–Crippen MR) is 163 cm³/mol. The van der Waals surface area contributed by atoms with Crippen LogP contribution in [0.5, 0.6) is 23.0 Å². The van der Waals surface area contributed by atoms with E-state index < -0.39 is 17.2 Å². The monoisotopic (exact) mass is 582 g/mol. The van der Waals surface area contributed by atoms with E-state index in [1.165, 1.54) is 18.3 Å². The second kappa shape index (κ2) is 12.3.